The van der Waals surface area contributed by atoms with Crippen molar-refractivity contribution in [1.29, 1.82) is 0 Å². The number of nitrogens with zero attached hydrogens (tertiary/aromatic N) is 1. The Morgan fingerprint density at radius 3 is 2.58 bits per heavy atom. The molecule has 0 aliphatic heterocycles. The summed E-state index contributed by atoms with van der Waals surface area (Å²) in [5, 5.41) is 5.29. The molecule has 98 valence electrons. The zero-order valence-electron chi connectivity index (χ0n) is 10.6. The topological polar surface area (TPSA) is 42.0 Å². The lowest BCUT2D eigenvalue weighted by Gasteiger charge is -2.09. The van der Waals surface area contributed by atoms with E-state index in [1.807, 2.05) is 17.5 Å². The third-order valence-electron chi connectivity index (χ3n) is 3.65. The minimum absolute atomic E-state index is 0.0899. The molecule has 3 nitrogen and oxygen atoms in total. The van der Waals surface area contributed by atoms with Gasteiger partial charge in [-0.2, -0.15) is 0 Å². The molecule has 19 heavy (non-hydrogen) atoms. The van der Waals surface area contributed by atoms with E-state index < -0.39 is 0 Å². The average Bonchev–Trinajstić information content (AvgIpc) is 3.12. The first-order chi connectivity index (χ1) is 9.33. The molecule has 1 saturated carbocycles. The van der Waals surface area contributed by atoms with Gasteiger partial charge in [0.1, 0.15) is 0 Å². The van der Waals surface area contributed by atoms with Crippen LogP contribution in [-0.2, 0) is 0 Å². The first kappa shape index (κ1) is 12.4. The summed E-state index contributed by atoms with van der Waals surface area (Å²) in [7, 11) is 0. The molecule has 0 atom stereocenters. The van der Waals surface area contributed by atoms with Crippen molar-refractivity contribution in [2.45, 2.75) is 31.6 Å². The maximum Gasteiger partial charge on any atom is 0.257 e. The number of anilines is 1. The molecule has 1 aromatic carbocycles. The van der Waals surface area contributed by atoms with Crippen LogP contribution in [-0.4, -0.2) is 10.9 Å². The van der Waals surface area contributed by atoms with E-state index in [1.165, 1.54) is 42.6 Å². The quantitative estimate of drug-likeness (QED) is 0.915. The molecule has 0 bridgehead atoms. The second-order valence-electron chi connectivity index (χ2n) is 4.89. The van der Waals surface area contributed by atoms with Crippen LogP contribution >= 0.6 is 11.3 Å². The van der Waals surface area contributed by atoms with E-state index >= 15 is 0 Å². The van der Waals surface area contributed by atoms with Crippen LogP contribution in [0.1, 0.15) is 47.5 Å². The molecule has 1 N–H and O–H groups in total. The highest BCUT2D eigenvalue weighted by atomic mass is 32.1. The number of nitrogens with one attached hydrogen (secondary N) is 1. The van der Waals surface area contributed by atoms with Crippen molar-refractivity contribution >= 4 is 22.4 Å². The summed E-state index contributed by atoms with van der Waals surface area (Å²) in [5.41, 5.74) is 2.06. The smallest absolute Gasteiger partial charge is 0.257 e. The lowest BCUT2D eigenvalue weighted by atomic mass is 9.97. The molecule has 0 spiro atoms. The van der Waals surface area contributed by atoms with Crippen LogP contribution in [0.4, 0.5) is 5.13 Å². The molecule has 1 amide bonds. The van der Waals surface area contributed by atoms with E-state index in [9.17, 15) is 4.79 Å². The Labute approximate surface area is 116 Å². The molecule has 0 saturated heterocycles. The molecule has 1 heterocycles. The van der Waals surface area contributed by atoms with Crippen LogP contribution in [0.5, 0.6) is 0 Å². The van der Waals surface area contributed by atoms with Crippen LogP contribution in [0, 0.1) is 0 Å². The molecule has 1 aliphatic rings. The average molecular weight is 272 g/mol. The summed E-state index contributed by atoms with van der Waals surface area (Å²) in [6.45, 7) is 0. The molecule has 0 radical (unpaired) electrons. The van der Waals surface area contributed by atoms with Gasteiger partial charge in [-0.25, -0.2) is 4.98 Å². The van der Waals surface area contributed by atoms with E-state index in [2.05, 4.69) is 22.4 Å². The number of amides is 1. The molecular weight excluding hydrogens is 256 g/mol. The van der Waals surface area contributed by atoms with Gasteiger partial charge in [-0.05, 0) is 36.5 Å². The first-order valence-electron chi connectivity index (χ1n) is 6.64. The summed E-state index contributed by atoms with van der Waals surface area (Å²) in [6.07, 6.45) is 6.91. The van der Waals surface area contributed by atoms with Crippen LogP contribution in [0.25, 0.3) is 0 Å². The number of hydrogen-bond acceptors (Lipinski definition) is 3. The van der Waals surface area contributed by atoms with Gasteiger partial charge in [-0.15, -0.1) is 11.3 Å². The Morgan fingerprint density at radius 1 is 1.21 bits per heavy atom. The lowest BCUT2D eigenvalue weighted by molar-refractivity contribution is 0.102. The van der Waals surface area contributed by atoms with Gasteiger partial charge >= 0.3 is 0 Å². The number of aromatic nitrogens is 1. The van der Waals surface area contributed by atoms with Gasteiger partial charge in [-0.3, -0.25) is 10.1 Å². The molecule has 1 aromatic heterocycles. The van der Waals surface area contributed by atoms with E-state index in [1.54, 1.807) is 6.20 Å². The summed E-state index contributed by atoms with van der Waals surface area (Å²) in [6, 6.07) is 8.01. The van der Waals surface area contributed by atoms with Crippen LogP contribution in [0.3, 0.4) is 0 Å². The van der Waals surface area contributed by atoms with Gasteiger partial charge in [0.2, 0.25) is 0 Å². The van der Waals surface area contributed by atoms with Crippen molar-refractivity contribution in [3.8, 4) is 0 Å². The SMILES string of the molecule is O=C(Nc1nccs1)c1ccc(C2CCCC2)cc1. The highest BCUT2D eigenvalue weighted by molar-refractivity contribution is 7.13. The molecule has 0 unspecified atom stereocenters. The highest BCUT2D eigenvalue weighted by Gasteiger charge is 2.17. The van der Waals surface area contributed by atoms with Crippen molar-refractivity contribution in [2.75, 3.05) is 5.32 Å². The van der Waals surface area contributed by atoms with Gasteiger partial charge in [-0.1, -0.05) is 25.0 Å². The molecule has 2 aromatic rings. The van der Waals surface area contributed by atoms with Gasteiger partial charge < -0.3 is 0 Å². The third kappa shape index (κ3) is 2.84. The van der Waals surface area contributed by atoms with Crippen molar-refractivity contribution in [3.63, 3.8) is 0 Å². The molecule has 1 fully saturated rings. The Hall–Kier alpha value is -1.68. The van der Waals surface area contributed by atoms with Crippen LogP contribution in [0.15, 0.2) is 35.8 Å². The number of carbonyl (C=O) groups is 1. The predicted molar refractivity (Wildman–Crippen MR) is 77.7 cm³/mol. The standard InChI is InChI=1S/C15H16N2OS/c18-14(17-15-16-9-10-19-15)13-7-5-12(6-8-13)11-3-1-2-4-11/h5-11H,1-4H2,(H,16,17,18). The number of thiazole rings is 1. The Bertz CT molecular complexity index is 542. The fourth-order valence-corrected chi connectivity index (χ4v) is 3.14. The molecule has 3 rings (SSSR count). The Morgan fingerprint density at radius 2 is 1.95 bits per heavy atom. The Balaban J connectivity index is 1.69. The zero-order chi connectivity index (χ0) is 13.1. The van der Waals surface area contributed by atoms with Crippen LogP contribution < -0.4 is 5.32 Å². The molecule has 1 aliphatic carbocycles. The summed E-state index contributed by atoms with van der Waals surface area (Å²) in [5.74, 6) is 0.601. The molecular formula is C15H16N2OS. The number of rotatable bonds is 3. The lowest BCUT2D eigenvalue weighted by Crippen LogP contribution is -2.11. The minimum atomic E-state index is -0.0899. The minimum Gasteiger partial charge on any atom is -0.298 e. The normalized spacial score (nSPS) is 15.6. The number of hydrogen-bond donors (Lipinski definition) is 1. The van der Waals surface area contributed by atoms with Gasteiger partial charge in [0.05, 0.1) is 0 Å². The third-order valence-corrected chi connectivity index (χ3v) is 4.34. The van der Waals surface area contributed by atoms with Crippen molar-refractivity contribution in [2.24, 2.45) is 0 Å². The van der Waals surface area contributed by atoms with E-state index in [4.69, 9.17) is 0 Å². The van der Waals surface area contributed by atoms with Gasteiger partial charge in [0.15, 0.2) is 5.13 Å². The largest absolute Gasteiger partial charge is 0.298 e. The van der Waals surface area contributed by atoms with Crippen molar-refractivity contribution in [1.82, 2.24) is 4.98 Å². The fourth-order valence-electron chi connectivity index (χ4n) is 2.62. The second-order valence-corrected chi connectivity index (χ2v) is 5.79. The second kappa shape index (κ2) is 5.53. The van der Waals surface area contributed by atoms with Crippen molar-refractivity contribution in [3.05, 3.63) is 47.0 Å². The zero-order valence-corrected chi connectivity index (χ0v) is 11.5. The highest BCUT2D eigenvalue weighted by Crippen LogP contribution is 2.33. The van der Waals surface area contributed by atoms with Crippen LogP contribution in [0.2, 0.25) is 0 Å². The fraction of sp³-hybridized carbons (Fsp3) is 0.333. The number of benzene rings is 1. The molecule has 4 heteroatoms. The monoisotopic (exact) mass is 272 g/mol. The van der Waals surface area contributed by atoms with E-state index in [-0.39, 0.29) is 5.91 Å². The van der Waals surface area contributed by atoms with Gasteiger partial charge in [0, 0.05) is 17.1 Å². The first-order valence-corrected chi connectivity index (χ1v) is 7.52. The Kier molecular flexibility index (Phi) is 3.60. The predicted octanol–water partition coefficient (Wildman–Crippen LogP) is 4.05. The summed E-state index contributed by atoms with van der Waals surface area (Å²) >= 11 is 1.43. The van der Waals surface area contributed by atoms with E-state index in [0.717, 1.165) is 0 Å². The van der Waals surface area contributed by atoms with Crippen molar-refractivity contribution < 1.29 is 4.79 Å². The van der Waals surface area contributed by atoms with E-state index in [0.29, 0.717) is 16.6 Å². The number of carbonyl (C=O) groups excluding carboxylic acids is 1. The maximum atomic E-state index is 12.0. The summed E-state index contributed by atoms with van der Waals surface area (Å²) in [4.78, 5) is 16.0. The van der Waals surface area contributed by atoms with Gasteiger partial charge in [0.25, 0.3) is 5.91 Å². The summed E-state index contributed by atoms with van der Waals surface area (Å²) < 4.78 is 0. The maximum absolute atomic E-state index is 12.0.